The molecule has 1 aromatic rings. The van der Waals surface area contributed by atoms with Crippen LogP contribution in [0, 0.1) is 0 Å². The highest BCUT2D eigenvalue weighted by atomic mass is 35.5. The number of piperazine rings is 1. The van der Waals surface area contributed by atoms with Gasteiger partial charge in [-0.15, -0.1) is 0 Å². The Hall–Kier alpha value is -0.690. The predicted octanol–water partition coefficient (Wildman–Crippen LogP) is 3.21. The quantitative estimate of drug-likeness (QED) is 0.875. The molecule has 1 fully saturated rings. The number of rotatable bonds is 2. The van der Waals surface area contributed by atoms with E-state index in [-0.39, 0.29) is 28.7 Å². The van der Waals surface area contributed by atoms with Crippen molar-refractivity contribution in [3.8, 4) is 5.75 Å². The van der Waals surface area contributed by atoms with E-state index in [9.17, 15) is 18.3 Å². The molecule has 1 aromatic carbocycles. The standard InChI is InChI=1S/C12H13Cl2F3N2O/c13-7-5-8(10(20)9(14)6-7)11(12(15,16)17)19-3-1-18-2-4-19/h5-6,11,18,20H,1-4H2/t11-/m1/s1. The van der Waals surface area contributed by atoms with E-state index in [0.717, 1.165) is 6.07 Å². The van der Waals surface area contributed by atoms with Gasteiger partial charge in [0, 0.05) is 36.8 Å². The number of nitrogens with zero attached hydrogens (tertiary/aromatic N) is 1. The first kappa shape index (κ1) is 15.7. The van der Waals surface area contributed by atoms with Crippen LogP contribution in [0.5, 0.6) is 5.75 Å². The van der Waals surface area contributed by atoms with Crippen molar-refractivity contribution >= 4 is 23.2 Å². The summed E-state index contributed by atoms with van der Waals surface area (Å²) in [6, 6.07) is 0.414. The Kier molecular flexibility index (Phi) is 4.69. The minimum Gasteiger partial charge on any atom is -0.506 e. The lowest BCUT2D eigenvalue weighted by molar-refractivity contribution is -0.188. The molecule has 1 aliphatic rings. The van der Waals surface area contributed by atoms with Crippen LogP contribution in [0.3, 0.4) is 0 Å². The van der Waals surface area contributed by atoms with Crippen LogP contribution in [0.1, 0.15) is 11.6 Å². The second kappa shape index (κ2) is 5.97. The van der Waals surface area contributed by atoms with Gasteiger partial charge < -0.3 is 10.4 Å². The van der Waals surface area contributed by atoms with Gasteiger partial charge >= 0.3 is 6.18 Å². The van der Waals surface area contributed by atoms with Crippen molar-refractivity contribution in [3.63, 3.8) is 0 Å². The number of phenolic OH excluding ortho intramolecular Hbond substituents is 1. The first-order chi connectivity index (χ1) is 9.30. The minimum atomic E-state index is -4.52. The Morgan fingerprint density at radius 3 is 2.35 bits per heavy atom. The fourth-order valence-corrected chi connectivity index (χ4v) is 2.82. The van der Waals surface area contributed by atoms with E-state index in [1.54, 1.807) is 0 Å². The molecule has 8 heteroatoms. The smallest absolute Gasteiger partial charge is 0.408 e. The van der Waals surface area contributed by atoms with Crippen LogP contribution in [-0.2, 0) is 0 Å². The van der Waals surface area contributed by atoms with Gasteiger partial charge in [-0.2, -0.15) is 13.2 Å². The Morgan fingerprint density at radius 2 is 1.80 bits per heavy atom. The average molecular weight is 329 g/mol. The van der Waals surface area contributed by atoms with Crippen molar-refractivity contribution < 1.29 is 18.3 Å². The fraction of sp³-hybridized carbons (Fsp3) is 0.500. The van der Waals surface area contributed by atoms with Crippen LogP contribution >= 0.6 is 23.2 Å². The van der Waals surface area contributed by atoms with E-state index in [0.29, 0.717) is 13.1 Å². The zero-order valence-electron chi connectivity index (χ0n) is 10.3. The zero-order chi connectivity index (χ0) is 14.9. The summed E-state index contributed by atoms with van der Waals surface area (Å²) in [7, 11) is 0. The highest BCUT2D eigenvalue weighted by Gasteiger charge is 2.46. The molecular formula is C12H13Cl2F3N2O. The Morgan fingerprint density at radius 1 is 1.20 bits per heavy atom. The topological polar surface area (TPSA) is 35.5 Å². The highest BCUT2D eigenvalue weighted by molar-refractivity contribution is 6.35. The molecule has 2 rings (SSSR count). The van der Waals surface area contributed by atoms with Crippen molar-refractivity contribution in [1.29, 1.82) is 0 Å². The zero-order valence-corrected chi connectivity index (χ0v) is 11.9. The monoisotopic (exact) mass is 328 g/mol. The molecule has 0 spiro atoms. The summed E-state index contributed by atoms with van der Waals surface area (Å²) in [4.78, 5) is 1.26. The normalized spacial score (nSPS) is 19.1. The summed E-state index contributed by atoms with van der Waals surface area (Å²) in [6.07, 6.45) is -4.52. The SMILES string of the molecule is Oc1c(Cl)cc(Cl)cc1[C@@H](N1CCNCC1)C(F)(F)F. The van der Waals surface area contributed by atoms with Crippen molar-refractivity contribution in [2.24, 2.45) is 0 Å². The molecule has 0 radical (unpaired) electrons. The molecule has 0 aliphatic carbocycles. The van der Waals surface area contributed by atoms with Gasteiger partial charge in [-0.05, 0) is 12.1 Å². The van der Waals surface area contributed by atoms with E-state index in [1.807, 2.05) is 0 Å². The lowest BCUT2D eigenvalue weighted by atomic mass is 10.0. The lowest BCUT2D eigenvalue weighted by Crippen LogP contribution is -2.49. The number of halogens is 5. The molecule has 0 unspecified atom stereocenters. The Balaban J connectivity index is 2.46. The molecule has 1 heterocycles. The van der Waals surface area contributed by atoms with Gasteiger partial charge in [0.1, 0.15) is 11.8 Å². The number of aromatic hydroxyl groups is 1. The van der Waals surface area contributed by atoms with Gasteiger partial charge in [0.25, 0.3) is 0 Å². The maximum absolute atomic E-state index is 13.4. The van der Waals surface area contributed by atoms with Crippen LogP contribution in [0.4, 0.5) is 13.2 Å². The van der Waals surface area contributed by atoms with Crippen molar-refractivity contribution in [2.75, 3.05) is 26.2 Å². The van der Waals surface area contributed by atoms with Crippen LogP contribution < -0.4 is 5.32 Å². The molecule has 2 N–H and O–H groups in total. The highest BCUT2D eigenvalue weighted by Crippen LogP contribution is 2.44. The number of nitrogens with one attached hydrogen (secondary N) is 1. The first-order valence-corrected chi connectivity index (χ1v) is 6.75. The predicted molar refractivity (Wildman–Crippen MR) is 71.4 cm³/mol. The second-order valence-corrected chi connectivity index (χ2v) is 5.40. The van der Waals surface area contributed by atoms with Gasteiger partial charge in [0.15, 0.2) is 0 Å². The molecule has 0 amide bonds. The lowest BCUT2D eigenvalue weighted by Gasteiger charge is -2.36. The number of phenols is 1. The molecule has 20 heavy (non-hydrogen) atoms. The maximum atomic E-state index is 13.4. The van der Waals surface area contributed by atoms with E-state index in [4.69, 9.17) is 23.2 Å². The first-order valence-electron chi connectivity index (χ1n) is 6.00. The third-order valence-electron chi connectivity index (χ3n) is 3.18. The van der Waals surface area contributed by atoms with E-state index < -0.39 is 18.0 Å². The van der Waals surface area contributed by atoms with Gasteiger partial charge in [-0.1, -0.05) is 23.2 Å². The van der Waals surface area contributed by atoms with Crippen molar-refractivity contribution in [2.45, 2.75) is 12.2 Å². The summed E-state index contributed by atoms with van der Waals surface area (Å²) in [5, 5.41) is 12.7. The average Bonchev–Trinajstić information content (AvgIpc) is 2.35. The summed E-state index contributed by atoms with van der Waals surface area (Å²) in [5.74, 6) is -0.572. The summed E-state index contributed by atoms with van der Waals surface area (Å²) >= 11 is 11.5. The number of hydrogen-bond acceptors (Lipinski definition) is 3. The van der Waals surface area contributed by atoms with E-state index in [2.05, 4.69) is 5.32 Å². The van der Waals surface area contributed by atoms with Gasteiger partial charge in [0.2, 0.25) is 0 Å². The largest absolute Gasteiger partial charge is 0.506 e. The molecular weight excluding hydrogens is 316 g/mol. The number of hydrogen-bond donors (Lipinski definition) is 2. The Labute approximate surface area is 124 Å². The third kappa shape index (κ3) is 3.31. The van der Waals surface area contributed by atoms with Crippen molar-refractivity contribution in [3.05, 3.63) is 27.7 Å². The van der Waals surface area contributed by atoms with Crippen LogP contribution in [-0.4, -0.2) is 42.4 Å². The van der Waals surface area contributed by atoms with Crippen LogP contribution in [0.15, 0.2) is 12.1 Å². The van der Waals surface area contributed by atoms with Gasteiger partial charge in [-0.25, -0.2) is 0 Å². The number of benzene rings is 1. The molecule has 1 atom stereocenters. The molecule has 0 aromatic heterocycles. The van der Waals surface area contributed by atoms with Crippen LogP contribution in [0.25, 0.3) is 0 Å². The molecule has 3 nitrogen and oxygen atoms in total. The molecule has 0 bridgehead atoms. The molecule has 1 aliphatic heterocycles. The minimum absolute atomic E-state index is 0.0622. The summed E-state index contributed by atoms with van der Waals surface area (Å²) < 4.78 is 40.1. The van der Waals surface area contributed by atoms with Crippen LogP contribution in [0.2, 0.25) is 10.0 Å². The van der Waals surface area contributed by atoms with Crippen molar-refractivity contribution in [1.82, 2.24) is 10.2 Å². The van der Waals surface area contributed by atoms with E-state index >= 15 is 0 Å². The maximum Gasteiger partial charge on any atom is 0.408 e. The number of alkyl halides is 3. The Bertz CT molecular complexity index is 490. The summed E-state index contributed by atoms with van der Waals surface area (Å²) in [5.41, 5.74) is -0.308. The van der Waals surface area contributed by atoms with Gasteiger partial charge in [-0.3, -0.25) is 4.90 Å². The summed E-state index contributed by atoms with van der Waals surface area (Å²) in [6.45, 7) is 1.38. The molecule has 1 saturated heterocycles. The van der Waals surface area contributed by atoms with Gasteiger partial charge in [0.05, 0.1) is 5.02 Å². The molecule has 112 valence electrons. The fourth-order valence-electron chi connectivity index (χ4n) is 2.31. The molecule has 0 saturated carbocycles. The second-order valence-electron chi connectivity index (χ2n) is 4.56. The third-order valence-corrected chi connectivity index (χ3v) is 3.69. The van der Waals surface area contributed by atoms with E-state index in [1.165, 1.54) is 11.0 Å².